The van der Waals surface area contributed by atoms with Gasteiger partial charge in [-0.3, -0.25) is 4.79 Å². The van der Waals surface area contributed by atoms with Crippen LogP contribution in [-0.4, -0.2) is 23.9 Å². The van der Waals surface area contributed by atoms with Crippen LogP contribution in [0, 0.1) is 5.92 Å². The molecule has 1 N–H and O–H groups in total. The van der Waals surface area contributed by atoms with Crippen LogP contribution >= 0.6 is 0 Å². The first kappa shape index (κ1) is 9.40. The highest BCUT2D eigenvalue weighted by atomic mass is 16.3. The topological polar surface area (TPSA) is 55.1 Å². The van der Waals surface area contributed by atoms with Crippen molar-refractivity contribution in [1.82, 2.24) is 10.3 Å². The Labute approximate surface area is 82.7 Å². The number of rotatable bonds is 3. The fourth-order valence-corrected chi connectivity index (χ4v) is 1.80. The second-order valence-electron chi connectivity index (χ2n) is 3.66. The molecule has 2 rings (SSSR count). The number of ketones is 1. The molecule has 1 aromatic heterocycles. The molecule has 2 heterocycles. The number of nitrogens with zero attached hydrogens (tertiary/aromatic N) is 1. The number of oxazole rings is 1. The summed E-state index contributed by atoms with van der Waals surface area (Å²) < 4.78 is 4.96. The minimum absolute atomic E-state index is 0.0295. The lowest BCUT2D eigenvalue weighted by Crippen LogP contribution is -2.28. The summed E-state index contributed by atoms with van der Waals surface area (Å²) in [6.45, 7) is 2.03. The van der Waals surface area contributed by atoms with Gasteiger partial charge in [-0.2, -0.15) is 0 Å². The molecule has 0 radical (unpaired) electrons. The fraction of sp³-hybridized carbons (Fsp3) is 0.600. The van der Waals surface area contributed by atoms with Crippen molar-refractivity contribution < 1.29 is 9.21 Å². The largest absolute Gasteiger partial charge is 0.442 e. The van der Waals surface area contributed by atoms with E-state index >= 15 is 0 Å². The number of aromatic nitrogens is 1. The summed E-state index contributed by atoms with van der Waals surface area (Å²) in [5.41, 5.74) is 0. The van der Waals surface area contributed by atoms with Gasteiger partial charge in [-0.25, -0.2) is 4.98 Å². The van der Waals surface area contributed by atoms with Crippen molar-refractivity contribution in [3.05, 3.63) is 18.4 Å². The van der Waals surface area contributed by atoms with Gasteiger partial charge < -0.3 is 9.73 Å². The molecule has 4 nitrogen and oxygen atoms in total. The summed E-state index contributed by atoms with van der Waals surface area (Å²) in [5.74, 6) is 0.779. The van der Waals surface area contributed by atoms with E-state index in [-0.39, 0.29) is 11.7 Å². The zero-order valence-electron chi connectivity index (χ0n) is 8.03. The molecule has 1 saturated heterocycles. The molecule has 1 aliphatic heterocycles. The van der Waals surface area contributed by atoms with Gasteiger partial charge in [-0.1, -0.05) is 0 Å². The molecule has 76 valence electrons. The number of carbonyl (C=O) groups is 1. The third-order valence-electron chi connectivity index (χ3n) is 2.60. The number of Topliss-reactive ketones (excluding diaryl/α,β-unsaturated/α-hetero) is 1. The van der Waals surface area contributed by atoms with Crippen LogP contribution in [0.1, 0.15) is 29.9 Å². The highest BCUT2D eigenvalue weighted by molar-refractivity contribution is 5.91. The van der Waals surface area contributed by atoms with Crippen molar-refractivity contribution >= 4 is 5.78 Å². The van der Waals surface area contributed by atoms with Gasteiger partial charge in [0.05, 0.1) is 6.20 Å². The van der Waals surface area contributed by atoms with Crippen molar-refractivity contribution in [1.29, 1.82) is 0 Å². The minimum Gasteiger partial charge on any atom is -0.442 e. The molecular formula is C10H14N2O2. The van der Waals surface area contributed by atoms with E-state index in [0.717, 1.165) is 25.9 Å². The Morgan fingerprint density at radius 3 is 3.00 bits per heavy atom. The molecule has 0 atom stereocenters. The first-order chi connectivity index (χ1) is 6.86. The van der Waals surface area contributed by atoms with Gasteiger partial charge in [0.25, 0.3) is 5.89 Å². The van der Waals surface area contributed by atoms with E-state index in [1.807, 2.05) is 0 Å². The lowest BCUT2D eigenvalue weighted by Gasteiger charge is -2.21. The van der Waals surface area contributed by atoms with E-state index in [9.17, 15) is 4.79 Å². The third kappa shape index (κ3) is 2.20. The molecule has 14 heavy (non-hydrogen) atoms. The Hall–Kier alpha value is -1.16. The Bertz CT molecular complexity index is 289. The summed E-state index contributed by atoms with van der Waals surface area (Å²) in [6, 6.07) is 0. The van der Waals surface area contributed by atoms with E-state index in [2.05, 4.69) is 10.3 Å². The van der Waals surface area contributed by atoms with Crippen molar-refractivity contribution in [3.63, 3.8) is 0 Å². The quantitative estimate of drug-likeness (QED) is 0.736. The van der Waals surface area contributed by atoms with Gasteiger partial charge in [0, 0.05) is 6.42 Å². The minimum atomic E-state index is 0.0295. The summed E-state index contributed by atoms with van der Waals surface area (Å²) >= 11 is 0. The number of nitrogens with one attached hydrogen (secondary N) is 1. The van der Waals surface area contributed by atoms with E-state index in [1.54, 1.807) is 0 Å². The maximum absolute atomic E-state index is 11.6. The molecule has 1 aromatic rings. The standard InChI is InChI=1S/C10H14N2O2/c13-9(10-12-5-6-14-10)7-8-1-3-11-4-2-8/h5-6,8,11H,1-4,7H2. The third-order valence-corrected chi connectivity index (χ3v) is 2.60. The molecule has 0 amide bonds. The number of piperidine rings is 1. The lowest BCUT2D eigenvalue weighted by atomic mass is 9.93. The Balaban J connectivity index is 1.87. The van der Waals surface area contributed by atoms with Gasteiger partial charge >= 0.3 is 0 Å². The number of hydrogen-bond donors (Lipinski definition) is 1. The molecule has 0 bridgehead atoms. The zero-order chi connectivity index (χ0) is 9.80. The smallest absolute Gasteiger partial charge is 0.263 e. The first-order valence-electron chi connectivity index (χ1n) is 4.99. The summed E-state index contributed by atoms with van der Waals surface area (Å²) in [6.07, 6.45) is 5.67. The van der Waals surface area contributed by atoms with Crippen molar-refractivity contribution in [2.24, 2.45) is 5.92 Å². The van der Waals surface area contributed by atoms with E-state index < -0.39 is 0 Å². The first-order valence-corrected chi connectivity index (χ1v) is 4.99. The van der Waals surface area contributed by atoms with Crippen LogP contribution in [0.3, 0.4) is 0 Å². The van der Waals surface area contributed by atoms with Gasteiger partial charge in [0.2, 0.25) is 5.78 Å². The van der Waals surface area contributed by atoms with Crippen LogP contribution in [0.25, 0.3) is 0 Å². The predicted molar refractivity (Wildman–Crippen MR) is 51.0 cm³/mol. The molecule has 0 spiro atoms. The average molecular weight is 194 g/mol. The Kier molecular flexibility index (Phi) is 2.93. The number of carbonyl (C=O) groups excluding carboxylic acids is 1. The second-order valence-corrected chi connectivity index (χ2v) is 3.66. The predicted octanol–water partition coefficient (Wildman–Crippen LogP) is 1.25. The van der Waals surface area contributed by atoms with Gasteiger partial charge in [-0.05, 0) is 31.8 Å². The van der Waals surface area contributed by atoms with Crippen LogP contribution in [0.5, 0.6) is 0 Å². The van der Waals surface area contributed by atoms with Gasteiger partial charge in [0.15, 0.2) is 0 Å². The normalized spacial score (nSPS) is 18.3. The molecule has 0 saturated carbocycles. The molecule has 1 fully saturated rings. The van der Waals surface area contributed by atoms with E-state index in [0.29, 0.717) is 12.3 Å². The molecule has 1 aliphatic rings. The maximum atomic E-state index is 11.6. The van der Waals surface area contributed by atoms with Crippen molar-refractivity contribution in [3.8, 4) is 0 Å². The number of hydrogen-bond acceptors (Lipinski definition) is 4. The summed E-state index contributed by atoms with van der Waals surface area (Å²) in [5, 5.41) is 3.27. The van der Waals surface area contributed by atoms with Crippen LogP contribution in [0.4, 0.5) is 0 Å². The van der Waals surface area contributed by atoms with Crippen LogP contribution in [0.2, 0.25) is 0 Å². The molecular weight excluding hydrogens is 180 g/mol. The molecule has 0 aliphatic carbocycles. The van der Waals surface area contributed by atoms with E-state index in [4.69, 9.17) is 4.42 Å². The average Bonchev–Trinajstić information content (AvgIpc) is 2.72. The van der Waals surface area contributed by atoms with Gasteiger partial charge in [-0.15, -0.1) is 0 Å². The lowest BCUT2D eigenvalue weighted by molar-refractivity contribution is 0.0918. The molecule has 0 unspecified atom stereocenters. The Morgan fingerprint density at radius 1 is 1.57 bits per heavy atom. The van der Waals surface area contributed by atoms with E-state index in [1.165, 1.54) is 12.5 Å². The van der Waals surface area contributed by atoms with Crippen LogP contribution in [-0.2, 0) is 0 Å². The van der Waals surface area contributed by atoms with Crippen LogP contribution < -0.4 is 5.32 Å². The highest BCUT2D eigenvalue weighted by Crippen LogP contribution is 2.18. The molecule has 0 aromatic carbocycles. The highest BCUT2D eigenvalue weighted by Gasteiger charge is 2.19. The van der Waals surface area contributed by atoms with Crippen LogP contribution in [0.15, 0.2) is 16.9 Å². The Morgan fingerprint density at radius 2 is 2.36 bits per heavy atom. The van der Waals surface area contributed by atoms with Crippen molar-refractivity contribution in [2.75, 3.05) is 13.1 Å². The SMILES string of the molecule is O=C(CC1CCNCC1)c1ncco1. The van der Waals surface area contributed by atoms with Gasteiger partial charge in [0.1, 0.15) is 6.26 Å². The second kappa shape index (κ2) is 4.37. The monoisotopic (exact) mass is 194 g/mol. The zero-order valence-corrected chi connectivity index (χ0v) is 8.03. The fourth-order valence-electron chi connectivity index (χ4n) is 1.80. The molecule has 4 heteroatoms. The summed E-state index contributed by atoms with van der Waals surface area (Å²) in [7, 11) is 0. The summed E-state index contributed by atoms with van der Waals surface area (Å²) in [4.78, 5) is 15.4. The van der Waals surface area contributed by atoms with Crippen molar-refractivity contribution in [2.45, 2.75) is 19.3 Å². The maximum Gasteiger partial charge on any atom is 0.263 e.